The van der Waals surface area contributed by atoms with Crippen molar-refractivity contribution < 1.29 is 13.2 Å². The van der Waals surface area contributed by atoms with Gasteiger partial charge in [0.15, 0.2) is 0 Å². The number of hydrazine groups is 1. The molecule has 12 heteroatoms. The minimum Gasteiger partial charge on any atom is -0.379 e. The highest BCUT2D eigenvalue weighted by Gasteiger charge is 2.33. The summed E-state index contributed by atoms with van der Waals surface area (Å²) in [7, 11) is -3.11. The van der Waals surface area contributed by atoms with Crippen molar-refractivity contribution in [3.05, 3.63) is 34.5 Å². The second-order valence-electron chi connectivity index (χ2n) is 7.95. The first-order chi connectivity index (χ1) is 15.0. The maximum Gasteiger partial charge on any atom is 0.217 e. The molecule has 0 saturated carbocycles. The number of aromatic nitrogens is 2. The number of rotatable bonds is 5. The van der Waals surface area contributed by atoms with Gasteiger partial charge in [0.25, 0.3) is 0 Å². The van der Waals surface area contributed by atoms with Gasteiger partial charge in [-0.25, -0.2) is 23.4 Å². The number of piperazine rings is 1. The van der Waals surface area contributed by atoms with Gasteiger partial charge in [-0.1, -0.05) is 0 Å². The molecular formula is C19H27N7O3S2. The number of aliphatic imine (C=N–C) groups is 1. The normalized spacial score (nSPS) is 23.9. The van der Waals surface area contributed by atoms with Crippen LogP contribution in [-0.2, 0) is 21.3 Å². The quantitative estimate of drug-likeness (QED) is 0.641. The topological polar surface area (TPSA) is 86.5 Å². The van der Waals surface area contributed by atoms with E-state index in [1.54, 1.807) is 28.2 Å². The molecule has 0 amide bonds. The van der Waals surface area contributed by atoms with Crippen molar-refractivity contribution in [3.8, 4) is 0 Å². The van der Waals surface area contributed by atoms with Crippen LogP contribution in [-0.4, -0.2) is 97.1 Å². The lowest BCUT2D eigenvalue weighted by Crippen LogP contribution is -2.52. The number of ether oxygens (including phenoxy) is 1. The van der Waals surface area contributed by atoms with Crippen LogP contribution in [0.2, 0.25) is 0 Å². The number of nitrogens with zero attached hydrogens (tertiary/aromatic N) is 7. The SMILES string of the molecule is CS(=O)(=O)N1CCN(Cc2cc3c(s2)C=NC(n2ccnc2)N3N2CCOCC2)CC1. The van der Waals surface area contributed by atoms with Crippen molar-refractivity contribution in [3.63, 3.8) is 0 Å². The van der Waals surface area contributed by atoms with Crippen LogP contribution in [0.25, 0.3) is 0 Å². The van der Waals surface area contributed by atoms with Crippen molar-refractivity contribution in [2.75, 3.05) is 63.7 Å². The van der Waals surface area contributed by atoms with Gasteiger partial charge in [0.1, 0.15) is 0 Å². The van der Waals surface area contributed by atoms with Crippen LogP contribution in [0.15, 0.2) is 29.8 Å². The van der Waals surface area contributed by atoms with E-state index in [-0.39, 0.29) is 6.29 Å². The van der Waals surface area contributed by atoms with E-state index in [4.69, 9.17) is 9.73 Å². The van der Waals surface area contributed by atoms with Crippen LogP contribution in [0.5, 0.6) is 0 Å². The van der Waals surface area contributed by atoms with E-state index in [1.807, 2.05) is 17.0 Å². The molecule has 3 aliphatic heterocycles. The van der Waals surface area contributed by atoms with Crippen LogP contribution in [0.1, 0.15) is 16.0 Å². The molecule has 31 heavy (non-hydrogen) atoms. The Morgan fingerprint density at radius 3 is 2.61 bits per heavy atom. The van der Waals surface area contributed by atoms with Gasteiger partial charge < -0.3 is 4.74 Å². The van der Waals surface area contributed by atoms with Crippen LogP contribution < -0.4 is 5.01 Å². The second kappa shape index (κ2) is 8.60. The highest BCUT2D eigenvalue weighted by molar-refractivity contribution is 7.88. The fraction of sp³-hybridized carbons (Fsp3) is 0.579. The Labute approximate surface area is 186 Å². The van der Waals surface area contributed by atoms with Crippen molar-refractivity contribution in [2.24, 2.45) is 4.99 Å². The number of anilines is 1. The minimum atomic E-state index is -3.11. The lowest BCUT2D eigenvalue weighted by molar-refractivity contribution is 0.0222. The average Bonchev–Trinajstić information content (AvgIpc) is 3.43. The standard InChI is InChI=1S/C19H27N7O3S2/c1-31(27,28)25-6-4-22(5-7-25)14-16-12-17-18(30-16)13-21-19(23-3-2-20-15-23)26(17)24-8-10-29-11-9-24/h2-3,12-13,15,19H,4-11,14H2,1H3. The van der Waals surface area contributed by atoms with Crippen molar-refractivity contribution in [1.29, 1.82) is 0 Å². The Balaban J connectivity index is 1.36. The molecule has 2 aromatic rings. The van der Waals surface area contributed by atoms with Crippen molar-refractivity contribution >= 4 is 33.3 Å². The van der Waals surface area contributed by atoms with E-state index in [9.17, 15) is 8.42 Å². The molecule has 2 fully saturated rings. The highest BCUT2D eigenvalue weighted by Crippen LogP contribution is 2.38. The molecule has 168 valence electrons. The molecule has 0 aromatic carbocycles. The smallest absolute Gasteiger partial charge is 0.217 e. The fourth-order valence-electron chi connectivity index (χ4n) is 4.23. The first kappa shape index (κ1) is 21.0. The monoisotopic (exact) mass is 465 g/mol. The molecule has 0 spiro atoms. The molecule has 0 aliphatic carbocycles. The third-order valence-corrected chi connectivity index (χ3v) is 8.19. The Morgan fingerprint density at radius 2 is 1.94 bits per heavy atom. The molecule has 0 bridgehead atoms. The Morgan fingerprint density at radius 1 is 1.16 bits per heavy atom. The second-order valence-corrected chi connectivity index (χ2v) is 11.1. The van der Waals surface area contributed by atoms with Crippen LogP contribution in [0.4, 0.5) is 5.69 Å². The first-order valence-corrected chi connectivity index (χ1v) is 13.1. The lowest BCUT2D eigenvalue weighted by Gasteiger charge is -2.43. The van der Waals surface area contributed by atoms with Crippen LogP contribution in [0, 0.1) is 0 Å². The van der Waals surface area contributed by atoms with E-state index in [2.05, 4.69) is 26.0 Å². The summed E-state index contributed by atoms with van der Waals surface area (Å²) in [5, 5.41) is 4.58. The maximum atomic E-state index is 11.8. The summed E-state index contributed by atoms with van der Waals surface area (Å²) < 4.78 is 32.7. The van der Waals surface area contributed by atoms with Crippen molar-refractivity contribution in [2.45, 2.75) is 12.8 Å². The molecular weight excluding hydrogens is 438 g/mol. The zero-order valence-corrected chi connectivity index (χ0v) is 19.1. The van der Waals surface area contributed by atoms with Crippen LogP contribution in [0.3, 0.4) is 0 Å². The van der Waals surface area contributed by atoms with Gasteiger partial charge in [-0.2, -0.15) is 4.31 Å². The summed E-state index contributed by atoms with van der Waals surface area (Å²) in [5.41, 5.74) is 1.16. The fourth-order valence-corrected chi connectivity index (χ4v) is 6.13. The Bertz CT molecular complexity index is 1020. The third kappa shape index (κ3) is 4.41. The number of hydrogen-bond donors (Lipinski definition) is 0. The van der Waals surface area contributed by atoms with Gasteiger partial charge in [-0.05, 0) is 6.07 Å². The summed E-state index contributed by atoms with van der Waals surface area (Å²) in [6.07, 6.45) is 8.56. The summed E-state index contributed by atoms with van der Waals surface area (Å²) in [4.78, 5) is 13.8. The van der Waals surface area contributed by atoms with E-state index in [0.717, 1.165) is 43.3 Å². The molecule has 2 saturated heterocycles. The zero-order valence-electron chi connectivity index (χ0n) is 17.5. The number of thiophene rings is 1. The minimum absolute atomic E-state index is 0.200. The third-order valence-electron chi connectivity index (χ3n) is 5.85. The van der Waals surface area contributed by atoms with Crippen molar-refractivity contribution in [1.82, 2.24) is 23.8 Å². The number of imidazole rings is 1. The van der Waals surface area contributed by atoms with E-state index < -0.39 is 10.0 Å². The number of morpholine rings is 1. The van der Waals surface area contributed by atoms with Gasteiger partial charge >= 0.3 is 0 Å². The largest absolute Gasteiger partial charge is 0.379 e. The molecule has 0 radical (unpaired) electrons. The first-order valence-electron chi connectivity index (χ1n) is 10.4. The molecule has 5 heterocycles. The molecule has 5 rings (SSSR count). The highest BCUT2D eigenvalue weighted by atomic mass is 32.2. The molecule has 3 aliphatic rings. The van der Waals surface area contributed by atoms with Gasteiger partial charge in [-0.15, -0.1) is 11.3 Å². The summed E-state index contributed by atoms with van der Waals surface area (Å²) in [5.74, 6) is 0. The predicted molar refractivity (Wildman–Crippen MR) is 120 cm³/mol. The number of hydrogen-bond acceptors (Lipinski definition) is 9. The molecule has 1 atom stereocenters. The van der Waals surface area contributed by atoms with Gasteiger partial charge in [0, 0.05) is 69.3 Å². The summed E-state index contributed by atoms with van der Waals surface area (Å²) >= 11 is 1.76. The number of sulfonamides is 1. The van der Waals surface area contributed by atoms with E-state index >= 15 is 0 Å². The van der Waals surface area contributed by atoms with E-state index in [0.29, 0.717) is 26.3 Å². The Kier molecular flexibility index (Phi) is 5.84. The molecule has 10 nitrogen and oxygen atoms in total. The van der Waals surface area contributed by atoms with Gasteiger partial charge in [0.05, 0.1) is 36.4 Å². The Hall–Kier alpha value is -1.83. The lowest BCUT2D eigenvalue weighted by atomic mass is 10.3. The molecule has 1 unspecified atom stereocenters. The number of fused-ring (bicyclic) bond motifs is 1. The maximum absolute atomic E-state index is 11.8. The molecule has 0 N–H and O–H groups in total. The summed E-state index contributed by atoms with van der Waals surface area (Å²) in [6.45, 7) is 6.44. The zero-order chi connectivity index (χ0) is 21.4. The van der Waals surface area contributed by atoms with Gasteiger partial charge in [-0.3, -0.25) is 14.5 Å². The van der Waals surface area contributed by atoms with Gasteiger partial charge in [0.2, 0.25) is 16.3 Å². The molecule has 2 aromatic heterocycles. The summed E-state index contributed by atoms with van der Waals surface area (Å²) in [6, 6.07) is 2.26. The van der Waals surface area contributed by atoms with E-state index in [1.165, 1.54) is 11.1 Å². The predicted octanol–water partition coefficient (Wildman–Crippen LogP) is 0.664. The van der Waals surface area contributed by atoms with Crippen LogP contribution >= 0.6 is 11.3 Å². The average molecular weight is 466 g/mol.